The van der Waals surface area contributed by atoms with Crippen LogP contribution >= 0.6 is 23.2 Å². The first-order valence-electron chi connectivity index (χ1n) is 7.15. The number of carbonyl (C=O) groups is 2. The second-order valence-corrected chi connectivity index (χ2v) is 6.10. The highest BCUT2D eigenvalue weighted by Crippen LogP contribution is 2.39. The van der Waals surface area contributed by atoms with Gasteiger partial charge in [-0.25, -0.2) is 9.69 Å². The monoisotopic (exact) mass is 376 g/mol. The van der Waals surface area contributed by atoms with Crippen LogP contribution in [-0.4, -0.2) is 30.0 Å². The maximum atomic E-state index is 12.8. The van der Waals surface area contributed by atoms with Gasteiger partial charge in [0.2, 0.25) is 0 Å². The second-order valence-electron chi connectivity index (χ2n) is 5.29. The lowest BCUT2D eigenvalue weighted by molar-refractivity contribution is -0.114. The van der Waals surface area contributed by atoms with E-state index in [1.54, 1.807) is 13.8 Å². The third-order valence-corrected chi connectivity index (χ3v) is 3.97. The number of hydrogen-bond donors (Lipinski definition) is 0. The molecule has 0 N–H and O–H groups in total. The van der Waals surface area contributed by atoms with Gasteiger partial charge in [0.1, 0.15) is 18.1 Å². The molecule has 0 spiro atoms. The number of amides is 3. The summed E-state index contributed by atoms with van der Waals surface area (Å²) in [5, 5.41) is 0.335. The Morgan fingerprint density at radius 2 is 1.84 bits per heavy atom. The summed E-state index contributed by atoms with van der Waals surface area (Å²) < 4.78 is 5.33. The molecule has 0 radical (unpaired) electrons. The van der Waals surface area contributed by atoms with E-state index in [9.17, 15) is 9.59 Å². The van der Waals surface area contributed by atoms with Crippen molar-refractivity contribution in [2.45, 2.75) is 13.8 Å². The summed E-state index contributed by atoms with van der Waals surface area (Å²) in [6.45, 7) is 3.38. The van der Waals surface area contributed by atoms with Crippen LogP contribution in [0.2, 0.25) is 10.0 Å². The van der Waals surface area contributed by atoms with Gasteiger partial charge in [-0.05, 0) is 25.5 Å². The fourth-order valence-corrected chi connectivity index (χ4v) is 2.90. The molecule has 2 rings (SSSR count). The Morgan fingerprint density at radius 3 is 2.40 bits per heavy atom. The fourth-order valence-electron chi connectivity index (χ4n) is 2.38. The molecule has 5 nitrogen and oxygen atoms in total. The molecule has 7 heteroatoms. The molecule has 3 amide bonds. The van der Waals surface area contributed by atoms with Gasteiger partial charge in [-0.3, -0.25) is 9.69 Å². The fraction of sp³-hybridized carbons (Fsp3) is 0.222. The van der Waals surface area contributed by atoms with Crippen LogP contribution in [0, 0.1) is 24.7 Å². The Bertz CT molecular complexity index is 858. The van der Waals surface area contributed by atoms with E-state index in [0.29, 0.717) is 5.57 Å². The summed E-state index contributed by atoms with van der Waals surface area (Å²) in [6.07, 6.45) is 10.5. The third-order valence-electron chi connectivity index (χ3n) is 3.37. The maximum absolute atomic E-state index is 12.8. The van der Waals surface area contributed by atoms with Crippen LogP contribution < -0.4 is 9.64 Å². The van der Waals surface area contributed by atoms with Crippen molar-refractivity contribution in [3.63, 3.8) is 0 Å². The molecule has 128 valence electrons. The first-order valence-corrected chi connectivity index (χ1v) is 7.91. The van der Waals surface area contributed by atoms with Gasteiger partial charge in [0.15, 0.2) is 0 Å². The maximum Gasteiger partial charge on any atom is 0.337 e. The van der Waals surface area contributed by atoms with E-state index in [4.69, 9.17) is 40.8 Å². The molecular formula is C18H14Cl2N2O3. The molecular weight excluding hydrogens is 363 g/mol. The first kappa shape index (κ1) is 18.7. The third kappa shape index (κ3) is 3.44. The van der Waals surface area contributed by atoms with Crippen LogP contribution in [0.3, 0.4) is 0 Å². The molecule has 1 heterocycles. The van der Waals surface area contributed by atoms with Crippen molar-refractivity contribution in [3.05, 3.63) is 33.4 Å². The minimum atomic E-state index is -0.591. The average molecular weight is 377 g/mol. The highest BCUT2D eigenvalue weighted by Gasteiger charge is 2.43. The van der Waals surface area contributed by atoms with Gasteiger partial charge >= 0.3 is 6.03 Å². The summed E-state index contributed by atoms with van der Waals surface area (Å²) in [7, 11) is 0. The number of hydrogen-bond acceptors (Lipinski definition) is 3. The van der Waals surface area contributed by atoms with E-state index in [2.05, 4.69) is 11.8 Å². The number of anilines is 1. The van der Waals surface area contributed by atoms with Gasteiger partial charge in [0.05, 0.1) is 22.3 Å². The molecule has 0 saturated carbocycles. The van der Waals surface area contributed by atoms with Gasteiger partial charge in [0.25, 0.3) is 5.91 Å². The Kier molecular flexibility index (Phi) is 5.64. The zero-order valence-electron chi connectivity index (χ0n) is 13.6. The molecule has 0 aliphatic carbocycles. The number of imide groups is 1. The first-order chi connectivity index (χ1) is 11.8. The summed E-state index contributed by atoms with van der Waals surface area (Å²) in [5.74, 6) is 4.38. The second kappa shape index (κ2) is 7.53. The Hall–Kier alpha value is -2.60. The van der Waals surface area contributed by atoms with Gasteiger partial charge in [-0.2, -0.15) is 0 Å². The smallest absolute Gasteiger partial charge is 0.337 e. The highest BCUT2D eigenvalue weighted by molar-refractivity contribution is 6.39. The number of benzene rings is 1. The molecule has 1 aromatic rings. The number of allylic oxidation sites excluding steroid dienone is 1. The van der Waals surface area contributed by atoms with E-state index >= 15 is 0 Å². The van der Waals surface area contributed by atoms with Crippen LogP contribution in [0.15, 0.2) is 23.4 Å². The van der Waals surface area contributed by atoms with Gasteiger partial charge in [0, 0.05) is 6.07 Å². The number of ether oxygens (including phenoxy) is 1. The van der Waals surface area contributed by atoms with Crippen molar-refractivity contribution >= 4 is 40.8 Å². The van der Waals surface area contributed by atoms with Gasteiger partial charge in [-0.1, -0.05) is 35.0 Å². The lowest BCUT2D eigenvalue weighted by atomic mass is 10.2. The molecule has 1 aromatic carbocycles. The SMILES string of the molecule is C#CCOc1cc(N2C(=O)C(=C(C)C)N(CC#C)C2=O)c(Cl)cc1Cl. The average Bonchev–Trinajstić information content (AvgIpc) is 2.78. The summed E-state index contributed by atoms with van der Waals surface area (Å²) in [6, 6.07) is 2.20. The largest absolute Gasteiger partial charge is 0.479 e. The van der Waals surface area contributed by atoms with Crippen LogP contribution in [0.1, 0.15) is 13.8 Å². The Morgan fingerprint density at radius 1 is 1.16 bits per heavy atom. The lowest BCUT2D eigenvalue weighted by Crippen LogP contribution is -2.33. The number of carbonyl (C=O) groups excluding carboxylic acids is 2. The van der Waals surface area contributed by atoms with Gasteiger partial charge in [-0.15, -0.1) is 12.8 Å². The number of terminal acetylenes is 2. The van der Waals surface area contributed by atoms with E-state index in [0.717, 1.165) is 4.90 Å². The predicted molar refractivity (Wildman–Crippen MR) is 97.6 cm³/mol. The summed E-state index contributed by atoms with van der Waals surface area (Å²) in [4.78, 5) is 27.7. The number of rotatable bonds is 4. The quantitative estimate of drug-likeness (QED) is 0.457. The molecule has 1 aliphatic rings. The van der Waals surface area contributed by atoms with E-state index < -0.39 is 11.9 Å². The van der Waals surface area contributed by atoms with Crippen molar-refractivity contribution in [1.82, 2.24) is 4.90 Å². The van der Waals surface area contributed by atoms with Crippen LogP contribution in [-0.2, 0) is 4.79 Å². The zero-order chi connectivity index (χ0) is 18.7. The predicted octanol–water partition coefficient (Wildman–Crippen LogP) is 3.70. The van der Waals surface area contributed by atoms with Crippen molar-refractivity contribution < 1.29 is 14.3 Å². The minimum Gasteiger partial charge on any atom is -0.479 e. The summed E-state index contributed by atoms with van der Waals surface area (Å²) in [5.41, 5.74) is 1.02. The van der Waals surface area contributed by atoms with E-state index in [1.807, 2.05) is 0 Å². The molecule has 1 aliphatic heterocycles. The standard InChI is InChI=1S/C18H14Cl2N2O3/c1-5-7-21-16(11(3)4)17(23)22(18(21)24)14-10-15(25-8-6-2)13(20)9-12(14)19/h1-2,9-10H,7-8H2,3-4H3. The van der Waals surface area contributed by atoms with Crippen molar-refractivity contribution in [3.8, 4) is 30.4 Å². The molecule has 1 saturated heterocycles. The Labute approximate surface area is 156 Å². The van der Waals surface area contributed by atoms with E-state index in [1.165, 1.54) is 17.0 Å². The molecule has 0 unspecified atom stereocenters. The molecule has 0 bridgehead atoms. The molecule has 0 aromatic heterocycles. The van der Waals surface area contributed by atoms with Crippen LogP contribution in [0.5, 0.6) is 5.75 Å². The topological polar surface area (TPSA) is 49.9 Å². The van der Waals surface area contributed by atoms with E-state index in [-0.39, 0.29) is 40.3 Å². The van der Waals surface area contributed by atoms with Crippen molar-refractivity contribution in [1.29, 1.82) is 0 Å². The number of urea groups is 1. The highest BCUT2D eigenvalue weighted by atomic mass is 35.5. The summed E-state index contributed by atoms with van der Waals surface area (Å²) >= 11 is 12.3. The normalized spacial score (nSPS) is 13.8. The molecule has 0 atom stereocenters. The molecule has 1 fully saturated rings. The zero-order valence-corrected chi connectivity index (χ0v) is 15.1. The van der Waals surface area contributed by atoms with Crippen molar-refractivity contribution in [2.24, 2.45) is 0 Å². The van der Waals surface area contributed by atoms with Crippen molar-refractivity contribution in [2.75, 3.05) is 18.1 Å². The van der Waals surface area contributed by atoms with Gasteiger partial charge < -0.3 is 4.74 Å². The minimum absolute atomic E-state index is 0.0227. The molecule has 25 heavy (non-hydrogen) atoms. The Balaban J connectivity index is 2.56. The number of nitrogens with zero attached hydrogens (tertiary/aromatic N) is 2. The van der Waals surface area contributed by atoms with Crippen LogP contribution in [0.4, 0.5) is 10.5 Å². The van der Waals surface area contributed by atoms with Crippen LogP contribution in [0.25, 0.3) is 0 Å². The lowest BCUT2D eigenvalue weighted by Gasteiger charge is -2.17. The number of halogens is 2.